The van der Waals surface area contributed by atoms with Crippen LogP contribution in [0.4, 0.5) is 5.82 Å². The third-order valence-corrected chi connectivity index (χ3v) is 3.43. The number of hydrogen-bond acceptors (Lipinski definition) is 3. The van der Waals surface area contributed by atoms with Gasteiger partial charge >= 0.3 is 0 Å². The van der Waals surface area contributed by atoms with Crippen LogP contribution in [0.5, 0.6) is 0 Å². The lowest BCUT2D eigenvalue weighted by Gasteiger charge is -2.20. The Balaban J connectivity index is 2.30. The number of nitrogens with one attached hydrogen (secondary N) is 1. The topological polar surface area (TPSA) is 37.8 Å². The summed E-state index contributed by atoms with van der Waals surface area (Å²) in [6.45, 7) is 6.64. The SMILES string of the molecule is CCC(C)C(C)Nc1nncc2ccccc12. The Bertz CT molecular complexity index is 490. The summed E-state index contributed by atoms with van der Waals surface area (Å²) in [7, 11) is 0. The summed E-state index contributed by atoms with van der Waals surface area (Å²) in [5.74, 6) is 1.51. The van der Waals surface area contributed by atoms with Gasteiger partial charge in [-0.2, -0.15) is 5.10 Å². The first-order valence-corrected chi connectivity index (χ1v) is 6.19. The Morgan fingerprint density at radius 1 is 1.24 bits per heavy atom. The van der Waals surface area contributed by atoms with Gasteiger partial charge in [0.15, 0.2) is 5.82 Å². The van der Waals surface area contributed by atoms with E-state index in [9.17, 15) is 0 Å². The molecule has 0 aliphatic carbocycles. The average molecular weight is 229 g/mol. The lowest BCUT2D eigenvalue weighted by molar-refractivity contribution is 0.493. The van der Waals surface area contributed by atoms with Crippen LogP contribution in [0, 0.1) is 5.92 Å². The molecule has 0 aliphatic heterocycles. The van der Waals surface area contributed by atoms with Crippen molar-refractivity contribution in [2.75, 3.05) is 5.32 Å². The fourth-order valence-corrected chi connectivity index (χ4v) is 1.85. The Morgan fingerprint density at radius 2 is 2.00 bits per heavy atom. The van der Waals surface area contributed by atoms with E-state index in [1.165, 1.54) is 0 Å². The molecule has 3 heteroatoms. The largest absolute Gasteiger partial charge is 0.365 e. The van der Waals surface area contributed by atoms with Crippen molar-refractivity contribution < 1.29 is 0 Å². The molecule has 2 rings (SSSR count). The van der Waals surface area contributed by atoms with Crippen molar-refractivity contribution in [3.05, 3.63) is 30.5 Å². The molecule has 0 spiro atoms. The van der Waals surface area contributed by atoms with E-state index in [0.717, 1.165) is 23.0 Å². The van der Waals surface area contributed by atoms with E-state index >= 15 is 0 Å². The van der Waals surface area contributed by atoms with Crippen molar-refractivity contribution in [1.82, 2.24) is 10.2 Å². The quantitative estimate of drug-likeness (QED) is 0.872. The van der Waals surface area contributed by atoms with Gasteiger partial charge in [0.2, 0.25) is 0 Å². The van der Waals surface area contributed by atoms with Crippen molar-refractivity contribution in [3.63, 3.8) is 0 Å². The molecular formula is C14H19N3. The van der Waals surface area contributed by atoms with Gasteiger partial charge in [0, 0.05) is 16.8 Å². The van der Waals surface area contributed by atoms with Gasteiger partial charge < -0.3 is 5.32 Å². The molecule has 0 bridgehead atoms. The molecule has 1 heterocycles. The highest BCUT2D eigenvalue weighted by Gasteiger charge is 2.12. The van der Waals surface area contributed by atoms with Crippen LogP contribution in [0.3, 0.4) is 0 Å². The van der Waals surface area contributed by atoms with Gasteiger partial charge in [-0.3, -0.25) is 0 Å². The van der Waals surface area contributed by atoms with Gasteiger partial charge in [0.1, 0.15) is 0 Å². The van der Waals surface area contributed by atoms with E-state index in [1.54, 1.807) is 6.20 Å². The van der Waals surface area contributed by atoms with Crippen LogP contribution in [0.2, 0.25) is 0 Å². The molecule has 0 saturated heterocycles. The maximum atomic E-state index is 4.20. The summed E-state index contributed by atoms with van der Waals surface area (Å²) in [5, 5.41) is 14.0. The third kappa shape index (κ3) is 2.54. The van der Waals surface area contributed by atoms with Gasteiger partial charge in [-0.1, -0.05) is 44.5 Å². The minimum Gasteiger partial charge on any atom is -0.365 e. The summed E-state index contributed by atoms with van der Waals surface area (Å²) in [6.07, 6.45) is 2.96. The van der Waals surface area contributed by atoms with Crippen LogP contribution < -0.4 is 5.32 Å². The lowest BCUT2D eigenvalue weighted by atomic mass is 10.0. The molecule has 2 aromatic rings. The lowest BCUT2D eigenvalue weighted by Crippen LogP contribution is -2.24. The fraction of sp³-hybridized carbons (Fsp3) is 0.429. The third-order valence-electron chi connectivity index (χ3n) is 3.43. The number of fused-ring (bicyclic) bond motifs is 1. The summed E-state index contributed by atoms with van der Waals surface area (Å²) in [6, 6.07) is 8.59. The summed E-state index contributed by atoms with van der Waals surface area (Å²) >= 11 is 0. The van der Waals surface area contributed by atoms with Crippen LogP contribution in [-0.2, 0) is 0 Å². The monoisotopic (exact) mass is 229 g/mol. The van der Waals surface area contributed by atoms with Crippen LogP contribution in [-0.4, -0.2) is 16.2 Å². The molecule has 1 aromatic carbocycles. The zero-order valence-electron chi connectivity index (χ0n) is 10.6. The molecule has 0 aliphatic rings. The summed E-state index contributed by atoms with van der Waals surface area (Å²) in [5.41, 5.74) is 0. The molecule has 1 N–H and O–H groups in total. The Morgan fingerprint density at radius 3 is 2.76 bits per heavy atom. The van der Waals surface area contributed by atoms with Crippen molar-refractivity contribution in [2.45, 2.75) is 33.2 Å². The van der Waals surface area contributed by atoms with E-state index in [4.69, 9.17) is 0 Å². The molecule has 2 atom stereocenters. The Labute approximate surface area is 102 Å². The highest BCUT2D eigenvalue weighted by molar-refractivity contribution is 5.90. The van der Waals surface area contributed by atoms with Gasteiger partial charge in [0.05, 0.1) is 6.20 Å². The first-order valence-electron chi connectivity index (χ1n) is 6.19. The number of nitrogens with zero attached hydrogens (tertiary/aromatic N) is 2. The van der Waals surface area contributed by atoms with E-state index in [1.807, 2.05) is 12.1 Å². The Hall–Kier alpha value is -1.64. The van der Waals surface area contributed by atoms with Gasteiger partial charge in [-0.25, -0.2) is 0 Å². The highest BCUT2D eigenvalue weighted by Crippen LogP contribution is 2.21. The number of anilines is 1. The summed E-state index contributed by atoms with van der Waals surface area (Å²) in [4.78, 5) is 0. The molecule has 0 saturated carbocycles. The minimum atomic E-state index is 0.403. The van der Waals surface area contributed by atoms with E-state index < -0.39 is 0 Å². The summed E-state index contributed by atoms with van der Waals surface area (Å²) < 4.78 is 0. The number of benzene rings is 1. The average Bonchev–Trinajstić information content (AvgIpc) is 2.38. The van der Waals surface area contributed by atoms with E-state index in [-0.39, 0.29) is 0 Å². The van der Waals surface area contributed by atoms with Gasteiger partial charge in [-0.05, 0) is 12.8 Å². The maximum absolute atomic E-state index is 4.20. The molecule has 0 fully saturated rings. The molecule has 0 radical (unpaired) electrons. The zero-order valence-corrected chi connectivity index (χ0v) is 10.6. The van der Waals surface area contributed by atoms with Crippen LogP contribution in [0.1, 0.15) is 27.2 Å². The second-order valence-electron chi connectivity index (χ2n) is 4.60. The van der Waals surface area contributed by atoms with Crippen LogP contribution in [0.15, 0.2) is 30.5 Å². The number of rotatable bonds is 4. The first-order chi connectivity index (χ1) is 8.22. The second kappa shape index (κ2) is 5.13. The maximum Gasteiger partial charge on any atom is 0.156 e. The standard InChI is InChI=1S/C14H19N3/c1-4-10(2)11(3)16-14-13-8-6-5-7-12(13)9-15-17-14/h5-11H,4H2,1-3H3,(H,16,17). The Kier molecular flexibility index (Phi) is 3.57. The van der Waals surface area contributed by atoms with Crippen LogP contribution >= 0.6 is 0 Å². The van der Waals surface area contributed by atoms with Crippen molar-refractivity contribution >= 4 is 16.6 Å². The molecule has 0 amide bonds. The fourth-order valence-electron chi connectivity index (χ4n) is 1.85. The number of aromatic nitrogens is 2. The van der Waals surface area contributed by atoms with E-state index in [2.05, 4.69) is 48.4 Å². The predicted molar refractivity (Wildman–Crippen MR) is 72.1 cm³/mol. The highest BCUT2D eigenvalue weighted by atomic mass is 15.2. The normalized spacial score (nSPS) is 14.5. The minimum absolute atomic E-state index is 0.403. The van der Waals surface area contributed by atoms with Crippen LogP contribution in [0.25, 0.3) is 10.8 Å². The van der Waals surface area contributed by atoms with Gasteiger partial charge in [-0.15, -0.1) is 5.10 Å². The smallest absolute Gasteiger partial charge is 0.156 e. The van der Waals surface area contributed by atoms with Crippen molar-refractivity contribution in [2.24, 2.45) is 5.92 Å². The molecular weight excluding hydrogens is 210 g/mol. The number of hydrogen-bond donors (Lipinski definition) is 1. The van der Waals surface area contributed by atoms with E-state index in [0.29, 0.717) is 12.0 Å². The van der Waals surface area contributed by atoms with Crippen molar-refractivity contribution in [1.29, 1.82) is 0 Å². The predicted octanol–water partition coefficient (Wildman–Crippen LogP) is 3.48. The molecule has 90 valence electrons. The molecule has 3 nitrogen and oxygen atoms in total. The molecule has 2 unspecified atom stereocenters. The van der Waals surface area contributed by atoms with Gasteiger partial charge in [0.25, 0.3) is 0 Å². The molecule has 17 heavy (non-hydrogen) atoms. The zero-order chi connectivity index (χ0) is 12.3. The first kappa shape index (κ1) is 11.8. The second-order valence-corrected chi connectivity index (χ2v) is 4.60. The molecule has 1 aromatic heterocycles. The van der Waals surface area contributed by atoms with Crippen molar-refractivity contribution in [3.8, 4) is 0 Å².